The molecular formula is C16H21N3O. The Kier molecular flexibility index (Phi) is 2.83. The summed E-state index contributed by atoms with van der Waals surface area (Å²) in [5.74, 6) is 1.71. The number of para-hydroxylation sites is 1. The molecule has 0 bridgehead atoms. The van der Waals surface area contributed by atoms with Gasteiger partial charge < -0.3 is 15.5 Å². The highest BCUT2D eigenvalue weighted by Gasteiger charge is 2.38. The third-order valence-electron chi connectivity index (χ3n) is 5.05. The molecule has 2 fully saturated rings. The molecule has 3 aliphatic rings. The summed E-state index contributed by atoms with van der Waals surface area (Å²) >= 11 is 0. The van der Waals surface area contributed by atoms with Gasteiger partial charge in [0.15, 0.2) is 0 Å². The van der Waals surface area contributed by atoms with Crippen molar-refractivity contribution in [2.24, 2.45) is 11.8 Å². The van der Waals surface area contributed by atoms with Crippen molar-refractivity contribution in [2.75, 3.05) is 36.8 Å². The molecule has 0 spiro atoms. The van der Waals surface area contributed by atoms with Gasteiger partial charge >= 0.3 is 0 Å². The lowest BCUT2D eigenvalue weighted by atomic mass is 10.0. The van der Waals surface area contributed by atoms with Gasteiger partial charge in [-0.3, -0.25) is 4.79 Å². The van der Waals surface area contributed by atoms with E-state index in [0.717, 1.165) is 55.0 Å². The van der Waals surface area contributed by atoms with Gasteiger partial charge in [-0.2, -0.15) is 0 Å². The molecule has 1 amide bonds. The number of nitrogens with zero attached hydrogens (tertiary/aromatic N) is 1. The molecule has 1 aromatic carbocycles. The van der Waals surface area contributed by atoms with Gasteiger partial charge in [0.2, 0.25) is 0 Å². The van der Waals surface area contributed by atoms with Gasteiger partial charge in [0.1, 0.15) is 0 Å². The third-order valence-corrected chi connectivity index (χ3v) is 5.05. The summed E-state index contributed by atoms with van der Waals surface area (Å²) in [5.41, 5.74) is 2.87. The predicted octanol–water partition coefficient (Wildman–Crippen LogP) is 2.40. The molecule has 0 aromatic heterocycles. The lowest BCUT2D eigenvalue weighted by molar-refractivity contribution is 0.0781. The number of hydrogen-bond donors (Lipinski definition) is 2. The molecule has 4 heteroatoms. The van der Waals surface area contributed by atoms with E-state index in [2.05, 4.69) is 15.5 Å². The first-order valence-corrected chi connectivity index (χ1v) is 7.73. The zero-order valence-electron chi connectivity index (χ0n) is 11.7. The van der Waals surface area contributed by atoms with Crippen molar-refractivity contribution in [1.82, 2.24) is 4.90 Å². The minimum atomic E-state index is 0.201. The van der Waals surface area contributed by atoms with Crippen molar-refractivity contribution >= 4 is 17.3 Å². The fraction of sp³-hybridized carbons (Fsp3) is 0.562. The fourth-order valence-electron chi connectivity index (χ4n) is 4.02. The van der Waals surface area contributed by atoms with E-state index in [1.54, 1.807) is 0 Å². The van der Waals surface area contributed by atoms with Crippen LogP contribution < -0.4 is 10.6 Å². The Balaban J connectivity index is 1.60. The van der Waals surface area contributed by atoms with Crippen molar-refractivity contribution in [3.05, 3.63) is 23.8 Å². The van der Waals surface area contributed by atoms with E-state index in [-0.39, 0.29) is 5.91 Å². The van der Waals surface area contributed by atoms with E-state index in [9.17, 15) is 4.79 Å². The van der Waals surface area contributed by atoms with E-state index >= 15 is 0 Å². The Morgan fingerprint density at radius 3 is 2.65 bits per heavy atom. The highest BCUT2D eigenvalue weighted by molar-refractivity contribution is 6.03. The van der Waals surface area contributed by atoms with Crippen molar-refractivity contribution in [3.63, 3.8) is 0 Å². The molecule has 1 saturated carbocycles. The number of amides is 1. The van der Waals surface area contributed by atoms with Gasteiger partial charge in [-0.15, -0.1) is 0 Å². The largest absolute Gasteiger partial charge is 0.382 e. The number of hydrogen-bond acceptors (Lipinski definition) is 3. The Labute approximate surface area is 119 Å². The fourth-order valence-corrected chi connectivity index (χ4v) is 4.02. The molecule has 4 rings (SSSR count). The topological polar surface area (TPSA) is 44.4 Å². The highest BCUT2D eigenvalue weighted by atomic mass is 16.2. The maximum absolute atomic E-state index is 12.8. The molecule has 106 valence electrons. The van der Waals surface area contributed by atoms with Gasteiger partial charge in [0, 0.05) is 26.2 Å². The Morgan fingerprint density at radius 1 is 1.10 bits per heavy atom. The Morgan fingerprint density at radius 2 is 1.85 bits per heavy atom. The second kappa shape index (κ2) is 4.69. The van der Waals surface area contributed by atoms with Crippen LogP contribution in [-0.2, 0) is 0 Å². The summed E-state index contributed by atoms with van der Waals surface area (Å²) in [7, 11) is 0. The van der Waals surface area contributed by atoms with Gasteiger partial charge in [0.05, 0.1) is 16.9 Å². The Hall–Kier alpha value is -1.71. The molecule has 2 heterocycles. The van der Waals surface area contributed by atoms with Gasteiger partial charge in [-0.05, 0) is 36.8 Å². The maximum Gasteiger partial charge on any atom is 0.256 e. The first kappa shape index (κ1) is 12.1. The van der Waals surface area contributed by atoms with Crippen molar-refractivity contribution < 1.29 is 4.79 Å². The highest BCUT2D eigenvalue weighted by Crippen LogP contribution is 2.39. The molecule has 4 nitrogen and oxygen atoms in total. The number of rotatable bonds is 1. The molecule has 1 aliphatic carbocycles. The summed E-state index contributed by atoms with van der Waals surface area (Å²) in [5, 5.41) is 6.73. The van der Waals surface area contributed by atoms with Gasteiger partial charge in [0.25, 0.3) is 5.91 Å². The standard InChI is InChI=1S/C16H21N3O/c20-16(19-9-11-3-1-4-12(11)10-19)13-5-2-6-14-15(13)18-8-7-17-14/h2,5-6,11-12,17-18H,1,3-4,7-10H2. The molecule has 2 N–H and O–H groups in total. The summed E-state index contributed by atoms with van der Waals surface area (Å²) in [6, 6.07) is 5.97. The van der Waals surface area contributed by atoms with Crippen LogP contribution in [0.3, 0.4) is 0 Å². The molecule has 2 aliphatic heterocycles. The zero-order valence-corrected chi connectivity index (χ0v) is 11.7. The molecule has 0 radical (unpaired) electrons. The van der Waals surface area contributed by atoms with Gasteiger partial charge in [-0.1, -0.05) is 12.5 Å². The van der Waals surface area contributed by atoms with E-state index in [1.807, 2.05) is 18.2 Å². The number of anilines is 2. The lowest BCUT2D eigenvalue weighted by Crippen LogP contribution is -2.31. The third kappa shape index (κ3) is 1.86. The summed E-state index contributed by atoms with van der Waals surface area (Å²) in [4.78, 5) is 14.9. The molecule has 1 saturated heterocycles. The minimum Gasteiger partial charge on any atom is -0.382 e. The average Bonchev–Trinajstić information content (AvgIpc) is 3.07. The maximum atomic E-state index is 12.8. The second-order valence-electron chi connectivity index (χ2n) is 6.24. The molecule has 20 heavy (non-hydrogen) atoms. The smallest absolute Gasteiger partial charge is 0.256 e. The minimum absolute atomic E-state index is 0.201. The van der Waals surface area contributed by atoms with Crippen LogP contribution in [0.1, 0.15) is 29.6 Å². The number of likely N-dealkylation sites (tertiary alicyclic amines) is 1. The van der Waals surface area contributed by atoms with E-state index in [4.69, 9.17) is 0 Å². The van der Waals surface area contributed by atoms with Crippen LogP contribution in [0.5, 0.6) is 0 Å². The van der Waals surface area contributed by atoms with E-state index in [1.165, 1.54) is 19.3 Å². The molecule has 2 atom stereocenters. The molecule has 1 aromatic rings. The van der Waals surface area contributed by atoms with Crippen LogP contribution in [0.4, 0.5) is 11.4 Å². The van der Waals surface area contributed by atoms with Crippen LogP contribution in [0.15, 0.2) is 18.2 Å². The normalized spacial score (nSPS) is 27.5. The van der Waals surface area contributed by atoms with E-state index in [0.29, 0.717) is 0 Å². The average molecular weight is 271 g/mol. The van der Waals surface area contributed by atoms with Crippen LogP contribution in [0.25, 0.3) is 0 Å². The van der Waals surface area contributed by atoms with Crippen LogP contribution >= 0.6 is 0 Å². The lowest BCUT2D eigenvalue weighted by Gasteiger charge is -2.25. The first-order chi connectivity index (χ1) is 9.83. The molecule has 2 unspecified atom stereocenters. The number of carbonyl (C=O) groups is 1. The van der Waals surface area contributed by atoms with Crippen LogP contribution in [0.2, 0.25) is 0 Å². The first-order valence-electron chi connectivity index (χ1n) is 7.73. The summed E-state index contributed by atoms with van der Waals surface area (Å²) in [6.07, 6.45) is 3.96. The summed E-state index contributed by atoms with van der Waals surface area (Å²) in [6.45, 7) is 3.71. The monoisotopic (exact) mass is 271 g/mol. The number of nitrogens with one attached hydrogen (secondary N) is 2. The number of fused-ring (bicyclic) bond motifs is 2. The van der Waals surface area contributed by atoms with E-state index < -0.39 is 0 Å². The predicted molar refractivity (Wildman–Crippen MR) is 80.2 cm³/mol. The SMILES string of the molecule is O=C(c1cccc2c1NCCN2)N1CC2CCCC2C1. The Bertz CT molecular complexity index is 531. The van der Waals surface area contributed by atoms with Crippen molar-refractivity contribution in [2.45, 2.75) is 19.3 Å². The number of carbonyl (C=O) groups excluding carboxylic acids is 1. The van der Waals surface area contributed by atoms with Crippen molar-refractivity contribution in [1.29, 1.82) is 0 Å². The molecular weight excluding hydrogens is 250 g/mol. The quantitative estimate of drug-likeness (QED) is 0.824. The van der Waals surface area contributed by atoms with Gasteiger partial charge in [-0.25, -0.2) is 0 Å². The number of benzene rings is 1. The second-order valence-corrected chi connectivity index (χ2v) is 6.24. The van der Waals surface area contributed by atoms with Crippen LogP contribution in [0, 0.1) is 11.8 Å². The van der Waals surface area contributed by atoms with Crippen LogP contribution in [-0.4, -0.2) is 37.0 Å². The zero-order chi connectivity index (χ0) is 13.5. The summed E-state index contributed by atoms with van der Waals surface area (Å²) < 4.78 is 0. The van der Waals surface area contributed by atoms with Crippen molar-refractivity contribution in [3.8, 4) is 0 Å².